The topological polar surface area (TPSA) is 17.1 Å². The molecule has 3 rings (SSSR count). The first-order valence-corrected chi connectivity index (χ1v) is 5.90. The predicted molar refractivity (Wildman–Crippen MR) is 55.8 cm³/mol. The summed E-state index contributed by atoms with van der Waals surface area (Å²) >= 11 is 0. The van der Waals surface area contributed by atoms with Crippen molar-refractivity contribution in [2.75, 3.05) is 0 Å². The Morgan fingerprint density at radius 2 is 2.29 bits per heavy atom. The van der Waals surface area contributed by atoms with Crippen molar-refractivity contribution in [2.45, 2.75) is 39.0 Å². The second-order valence-corrected chi connectivity index (χ2v) is 5.62. The molecule has 0 amide bonds. The minimum absolute atomic E-state index is 0.381. The van der Waals surface area contributed by atoms with Crippen LogP contribution in [0.4, 0.5) is 0 Å². The first-order valence-electron chi connectivity index (χ1n) is 5.90. The smallest absolute Gasteiger partial charge is 0.136 e. The lowest BCUT2D eigenvalue weighted by Gasteiger charge is -2.44. The van der Waals surface area contributed by atoms with Gasteiger partial charge in [-0.05, 0) is 42.9 Å². The molecule has 0 spiro atoms. The maximum Gasteiger partial charge on any atom is 0.136 e. The molecule has 0 heterocycles. The minimum Gasteiger partial charge on any atom is -0.299 e. The number of carbonyl (C=O) groups is 1. The summed E-state index contributed by atoms with van der Waals surface area (Å²) < 4.78 is 0. The van der Waals surface area contributed by atoms with Gasteiger partial charge in [0.1, 0.15) is 5.78 Å². The first kappa shape index (κ1) is 8.70. The SMILES string of the molecule is C[C@@]12CCC(=O)[C@H]3CC=C[C@H](CC1)[C@H]32. The molecule has 0 bridgehead atoms. The van der Waals surface area contributed by atoms with E-state index in [2.05, 4.69) is 19.1 Å². The van der Waals surface area contributed by atoms with Gasteiger partial charge in [0.25, 0.3) is 0 Å². The number of ketones is 1. The Morgan fingerprint density at radius 3 is 3.14 bits per heavy atom. The largest absolute Gasteiger partial charge is 0.299 e. The highest BCUT2D eigenvalue weighted by atomic mass is 16.1. The van der Waals surface area contributed by atoms with Gasteiger partial charge < -0.3 is 0 Å². The summed E-state index contributed by atoms with van der Waals surface area (Å²) in [4.78, 5) is 11.9. The van der Waals surface area contributed by atoms with Gasteiger partial charge in [0.05, 0.1) is 0 Å². The fourth-order valence-electron chi connectivity index (χ4n) is 4.12. The van der Waals surface area contributed by atoms with Crippen LogP contribution in [0.2, 0.25) is 0 Å². The number of rotatable bonds is 0. The van der Waals surface area contributed by atoms with Crippen LogP contribution in [-0.2, 0) is 4.79 Å². The molecule has 14 heavy (non-hydrogen) atoms. The third-order valence-electron chi connectivity index (χ3n) is 4.88. The van der Waals surface area contributed by atoms with E-state index in [0.29, 0.717) is 23.0 Å². The summed E-state index contributed by atoms with van der Waals surface area (Å²) in [5.74, 6) is 2.34. The second-order valence-electron chi connectivity index (χ2n) is 5.62. The van der Waals surface area contributed by atoms with Crippen molar-refractivity contribution >= 4 is 5.78 Å². The highest BCUT2D eigenvalue weighted by molar-refractivity contribution is 5.83. The van der Waals surface area contributed by atoms with Gasteiger partial charge in [-0.15, -0.1) is 0 Å². The van der Waals surface area contributed by atoms with Crippen LogP contribution >= 0.6 is 0 Å². The molecule has 76 valence electrons. The van der Waals surface area contributed by atoms with Gasteiger partial charge in [0.2, 0.25) is 0 Å². The third kappa shape index (κ3) is 0.986. The monoisotopic (exact) mass is 190 g/mol. The van der Waals surface area contributed by atoms with Crippen LogP contribution < -0.4 is 0 Å². The van der Waals surface area contributed by atoms with Crippen molar-refractivity contribution in [1.82, 2.24) is 0 Å². The van der Waals surface area contributed by atoms with Crippen LogP contribution in [-0.4, -0.2) is 5.78 Å². The molecule has 2 fully saturated rings. The molecule has 0 N–H and O–H groups in total. The molecule has 3 aliphatic rings. The molecular weight excluding hydrogens is 172 g/mol. The third-order valence-corrected chi connectivity index (χ3v) is 4.88. The van der Waals surface area contributed by atoms with E-state index in [1.807, 2.05) is 0 Å². The Balaban J connectivity index is 2.02. The van der Waals surface area contributed by atoms with E-state index in [1.165, 1.54) is 12.8 Å². The van der Waals surface area contributed by atoms with E-state index < -0.39 is 0 Å². The van der Waals surface area contributed by atoms with Crippen molar-refractivity contribution in [3.63, 3.8) is 0 Å². The Bertz CT molecular complexity index is 304. The highest BCUT2D eigenvalue weighted by Gasteiger charge is 2.52. The fraction of sp³-hybridized carbons (Fsp3) is 0.769. The van der Waals surface area contributed by atoms with Crippen molar-refractivity contribution in [2.24, 2.45) is 23.2 Å². The van der Waals surface area contributed by atoms with E-state index in [9.17, 15) is 4.79 Å². The molecule has 0 unspecified atom stereocenters. The Labute approximate surface area is 85.6 Å². The first-order chi connectivity index (χ1) is 6.71. The lowest BCUT2D eigenvalue weighted by Crippen LogP contribution is -2.41. The molecule has 1 nitrogen and oxygen atoms in total. The summed E-state index contributed by atoms with van der Waals surface area (Å²) in [6, 6.07) is 0. The van der Waals surface area contributed by atoms with Crippen LogP contribution in [0.1, 0.15) is 39.0 Å². The molecule has 0 aromatic rings. The summed E-state index contributed by atoms with van der Waals surface area (Å²) in [5, 5.41) is 0. The average Bonchev–Trinajstić information content (AvgIpc) is 2.54. The Hall–Kier alpha value is -0.590. The molecule has 3 aliphatic carbocycles. The van der Waals surface area contributed by atoms with E-state index >= 15 is 0 Å². The Kier molecular flexibility index (Phi) is 1.68. The average molecular weight is 190 g/mol. The standard InChI is InChI=1S/C13H18O/c1-13-7-5-9-3-2-4-10(12(9)13)11(14)6-8-13/h2-3,9-10,12H,4-8H2,1H3/t9-,10-,12-,13+/m1/s1. The number of hydrogen-bond donors (Lipinski definition) is 0. The molecule has 0 aromatic carbocycles. The number of allylic oxidation sites excluding steroid dienone is 2. The van der Waals surface area contributed by atoms with E-state index in [1.54, 1.807) is 0 Å². The summed E-state index contributed by atoms with van der Waals surface area (Å²) in [6.45, 7) is 2.41. The Morgan fingerprint density at radius 1 is 1.43 bits per heavy atom. The van der Waals surface area contributed by atoms with Gasteiger partial charge >= 0.3 is 0 Å². The number of Topliss-reactive ketones (excluding diaryl/α,β-unsaturated/α-hetero) is 1. The number of carbonyl (C=O) groups excluding carboxylic acids is 1. The predicted octanol–water partition coefficient (Wildman–Crippen LogP) is 2.96. The molecule has 1 heteroatoms. The van der Waals surface area contributed by atoms with Crippen LogP contribution in [0.25, 0.3) is 0 Å². The minimum atomic E-state index is 0.381. The second kappa shape index (κ2) is 2.71. The van der Waals surface area contributed by atoms with E-state index in [-0.39, 0.29) is 0 Å². The molecule has 4 atom stereocenters. The lowest BCUT2D eigenvalue weighted by atomic mass is 9.59. The molecule has 0 saturated heterocycles. The van der Waals surface area contributed by atoms with Crippen molar-refractivity contribution in [1.29, 1.82) is 0 Å². The van der Waals surface area contributed by atoms with Gasteiger partial charge in [-0.2, -0.15) is 0 Å². The normalized spacial score (nSPS) is 50.6. The summed E-state index contributed by atoms with van der Waals surface area (Å²) in [5.41, 5.74) is 0.494. The van der Waals surface area contributed by atoms with Crippen LogP contribution in [0.15, 0.2) is 12.2 Å². The molecule has 0 radical (unpaired) electrons. The zero-order chi connectivity index (χ0) is 9.76. The van der Waals surface area contributed by atoms with Crippen LogP contribution in [0.5, 0.6) is 0 Å². The van der Waals surface area contributed by atoms with Crippen molar-refractivity contribution in [3.05, 3.63) is 12.2 Å². The summed E-state index contributed by atoms with van der Waals surface area (Å²) in [7, 11) is 0. The molecule has 0 aromatic heterocycles. The van der Waals surface area contributed by atoms with E-state index in [0.717, 1.165) is 25.2 Å². The van der Waals surface area contributed by atoms with Gasteiger partial charge in [-0.3, -0.25) is 4.79 Å². The molecular formula is C13H18O. The van der Waals surface area contributed by atoms with Crippen LogP contribution in [0.3, 0.4) is 0 Å². The quantitative estimate of drug-likeness (QED) is 0.537. The molecule has 2 saturated carbocycles. The highest BCUT2D eigenvalue weighted by Crippen LogP contribution is 2.58. The van der Waals surface area contributed by atoms with E-state index in [4.69, 9.17) is 0 Å². The van der Waals surface area contributed by atoms with Gasteiger partial charge in [0, 0.05) is 12.3 Å². The zero-order valence-electron chi connectivity index (χ0n) is 8.83. The lowest BCUT2D eigenvalue weighted by molar-refractivity contribution is -0.131. The number of hydrogen-bond acceptors (Lipinski definition) is 1. The fourth-order valence-corrected chi connectivity index (χ4v) is 4.12. The maximum atomic E-state index is 11.9. The van der Waals surface area contributed by atoms with Crippen molar-refractivity contribution in [3.8, 4) is 0 Å². The summed E-state index contributed by atoms with van der Waals surface area (Å²) in [6.07, 6.45) is 10.3. The maximum absolute atomic E-state index is 11.9. The van der Waals surface area contributed by atoms with Gasteiger partial charge in [0.15, 0.2) is 0 Å². The molecule has 0 aliphatic heterocycles. The van der Waals surface area contributed by atoms with Crippen molar-refractivity contribution < 1.29 is 4.79 Å². The zero-order valence-corrected chi connectivity index (χ0v) is 8.83. The van der Waals surface area contributed by atoms with Gasteiger partial charge in [-0.1, -0.05) is 19.1 Å². The van der Waals surface area contributed by atoms with Gasteiger partial charge in [-0.25, -0.2) is 0 Å². The van der Waals surface area contributed by atoms with Crippen LogP contribution in [0, 0.1) is 23.2 Å².